The summed E-state index contributed by atoms with van der Waals surface area (Å²) in [4.78, 5) is 18.5. The number of carbonyl (C=O) groups is 1. The van der Waals surface area contributed by atoms with Gasteiger partial charge in [0, 0.05) is 6.54 Å². The smallest absolute Gasteiger partial charge is 0.275 e. The van der Waals surface area contributed by atoms with Crippen LogP contribution in [0.3, 0.4) is 0 Å². The minimum Gasteiger partial charge on any atom is -0.351 e. The molecule has 2 N–H and O–H groups in total. The predicted octanol–water partition coefficient (Wildman–Crippen LogP) is 2.64. The van der Waals surface area contributed by atoms with Crippen molar-refractivity contribution < 1.29 is 9.69 Å². The number of likely N-dealkylation sites (N-methyl/N-ethyl adjacent to an activating group) is 1. The highest BCUT2D eigenvalue weighted by Gasteiger charge is 2.50. The van der Waals surface area contributed by atoms with E-state index < -0.39 is 0 Å². The highest BCUT2D eigenvalue weighted by Crippen LogP contribution is 2.59. The van der Waals surface area contributed by atoms with Gasteiger partial charge in [-0.05, 0) is 73.8 Å². The standard InChI is InChI=1S/C22H29N3OS/c1-25(13-21-24-18-4-2-3-5-19(18)27-21)12-20(26)23-14-22-9-15-6-16(10-22)8-17(7-15)11-22/h2-5,15-17H,6-14H2,1H3,(H,23,26)/p+1. The summed E-state index contributed by atoms with van der Waals surface area (Å²) in [6.07, 6.45) is 8.45. The quantitative estimate of drug-likeness (QED) is 0.804. The molecule has 0 aliphatic heterocycles. The highest BCUT2D eigenvalue weighted by atomic mass is 32.1. The van der Waals surface area contributed by atoms with Crippen LogP contribution < -0.4 is 10.2 Å². The number of hydrogen-bond donors (Lipinski definition) is 2. The van der Waals surface area contributed by atoms with Crippen LogP contribution in [0.4, 0.5) is 0 Å². The van der Waals surface area contributed by atoms with E-state index in [1.54, 1.807) is 11.3 Å². The van der Waals surface area contributed by atoms with Crippen molar-refractivity contribution in [2.75, 3.05) is 20.1 Å². The number of aromatic nitrogens is 1. The Morgan fingerprint density at radius 2 is 1.85 bits per heavy atom. The summed E-state index contributed by atoms with van der Waals surface area (Å²) in [5.41, 5.74) is 1.49. The van der Waals surface area contributed by atoms with Crippen molar-refractivity contribution in [2.24, 2.45) is 23.2 Å². The van der Waals surface area contributed by atoms with Crippen LogP contribution in [0.25, 0.3) is 10.2 Å². The number of thiazole rings is 1. The molecule has 4 saturated carbocycles. The molecule has 4 aliphatic rings. The summed E-state index contributed by atoms with van der Waals surface area (Å²) in [5, 5.41) is 4.42. The van der Waals surface area contributed by atoms with E-state index in [1.807, 2.05) is 6.07 Å². The summed E-state index contributed by atoms with van der Waals surface area (Å²) < 4.78 is 1.23. The molecule has 1 amide bonds. The van der Waals surface area contributed by atoms with Crippen LogP contribution in [-0.2, 0) is 11.3 Å². The van der Waals surface area contributed by atoms with E-state index in [4.69, 9.17) is 4.98 Å². The molecule has 0 radical (unpaired) electrons. The second kappa shape index (κ2) is 6.85. The van der Waals surface area contributed by atoms with Crippen molar-refractivity contribution in [1.82, 2.24) is 10.3 Å². The number of amides is 1. The molecule has 5 heteroatoms. The third kappa shape index (κ3) is 3.64. The van der Waals surface area contributed by atoms with Crippen LogP contribution in [0.5, 0.6) is 0 Å². The van der Waals surface area contributed by atoms with Gasteiger partial charge in [0.2, 0.25) is 0 Å². The third-order valence-corrected chi connectivity index (χ3v) is 8.12. The van der Waals surface area contributed by atoms with Crippen LogP contribution in [0.2, 0.25) is 0 Å². The van der Waals surface area contributed by atoms with Crippen molar-refractivity contribution >= 4 is 27.5 Å². The number of rotatable bonds is 6. The molecule has 1 aromatic heterocycles. The van der Waals surface area contributed by atoms with Gasteiger partial charge < -0.3 is 10.2 Å². The zero-order valence-electron chi connectivity index (χ0n) is 16.2. The Kier molecular flexibility index (Phi) is 4.47. The van der Waals surface area contributed by atoms with Crippen LogP contribution >= 0.6 is 11.3 Å². The Balaban J connectivity index is 1.14. The Labute approximate surface area is 165 Å². The van der Waals surface area contributed by atoms with E-state index in [-0.39, 0.29) is 5.91 Å². The predicted molar refractivity (Wildman–Crippen MR) is 109 cm³/mol. The normalized spacial score (nSPS) is 32.7. The molecule has 0 spiro atoms. The second-order valence-corrected chi connectivity index (χ2v) is 10.7. The summed E-state index contributed by atoms with van der Waals surface area (Å²) >= 11 is 1.74. The maximum Gasteiger partial charge on any atom is 0.275 e. The SMILES string of the molecule is C[NH+](CC(=O)NCC12CC3CC(CC(C3)C1)C2)Cc1nc2ccccc2s1. The lowest BCUT2D eigenvalue weighted by Crippen LogP contribution is -3.08. The van der Waals surface area contributed by atoms with Gasteiger partial charge in [-0.3, -0.25) is 4.79 Å². The van der Waals surface area contributed by atoms with Crippen molar-refractivity contribution in [3.63, 3.8) is 0 Å². The van der Waals surface area contributed by atoms with E-state index >= 15 is 0 Å². The zero-order valence-corrected chi connectivity index (χ0v) is 17.0. The number of nitrogens with zero attached hydrogens (tertiary/aromatic N) is 1. The van der Waals surface area contributed by atoms with Gasteiger partial charge >= 0.3 is 0 Å². The first-order chi connectivity index (χ1) is 13.1. The van der Waals surface area contributed by atoms with Crippen LogP contribution in [0.1, 0.15) is 43.5 Å². The molecule has 144 valence electrons. The van der Waals surface area contributed by atoms with Gasteiger partial charge in [-0.25, -0.2) is 4.98 Å². The molecule has 1 unspecified atom stereocenters. The highest BCUT2D eigenvalue weighted by molar-refractivity contribution is 7.18. The van der Waals surface area contributed by atoms with Gasteiger partial charge in [-0.2, -0.15) is 0 Å². The van der Waals surface area contributed by atoms with Crippen LogP contribution in [0, 0.1) is 23.2 Å². The molecule has 4 fully saturated rings. The van der Waals surface area contributed by atoms with Crippen LogP contribution in [0.15, 0.2) is 24.3 Å². The second-order valence-electron chi connectivity index (χ2n) is 9.58. The van der Waals surface area contributed by atoms with Crippen molar-refractivity contribution in [2.45, 2.75) is 45.1 Å². The average Bonchev–Trinajstić information content (AvgIpc) is 3.01. The van der Waals surface area contributed by atoms with E-state index in [9.17, 15) is 4.79 Å². The first-order valence-electron chi connectivity index (χ1n) is 10.5. The molecule has 6 rings (SSSR count). The van der Waals surface area contributed by atoms with Crippen molar-refractivity contribution in [3.05, 3.63) is 29.3 Å². The summed E-state index contributed by atoms with van der Waals surface area (Å²) in [5.74, 6) is 3.03. The van der Waals surface area contributed by atoms with E-state index in [0.717, 1.165) is 41.4 Å². The molecule has 0 saturated heterocycles. The maximum absolute atomic E-state index is 12.6. The molecule has 27 heavy (non-hydrogen) atoms. The maximum atomic E-state index is 12.6. The number of fused-ring (bicyclic) bond motifs is 1. The fraction of sp³-hybridized carbons (Fsp3) is 0.636. The van der Waals surface area contributed by atoms with E-state index in [1.165, 1.54) is 48.1 Å². The number of para-hydroxylation sites is 1. The molecule has 4 nitrogen and oxygen atoms in total. The monoisotopic (exact) mass is 384 g/mol. The Morgan fingerprint density at radius 3 is 2.52 bits per heavy atom. The van der Waals surface area contributed by atoms with Gasteiger partial charge in [0.1, 0.15) is 11.6 Å². The first kappa shape index (κ1) is 17.6. The van der Waals surface area contributed by atoms with Crippen molar-refractivity contribution in [3.8, 4) is 0 Å². The molecule has 4 bridgehead atoms. The molecular weight excluding hydrogens is 354 g/mol. The molecule has 4 aliphatic carbocycles. The lowest BCUT2D eigenvalue weighted by atomic mass is 9.49. The Hall–Kier alpha value is -1.46. The Morgan fingerprint density at radius 1 is 1.19 bits per heavy atom. The summed E-state index contributed by atoms with van der Waals surface area (Å²) in [7, 11) is 2.09. The molecular formula is C22H30N3OS+. The number of quaternary nitrogens is 1. The number of nitrogens with one attached hydrogen (secondary N) is 2. The van der Waals surface area contributed by atoms with Gasteiger partial charge in [0.05, 0.1) is 17.3 Å². The lowest BCUT2D eigenvalue weighted by Gasteiger charge is -2.56. The Bertz CT molecular complexity index is 777. The minimum atomic E-state index is 0.198. The lowest BCUT2D eigenvalue weighted by molar-refractivity contribution is -0.885. The fourth-order valence-corrected chi connectivity index (χ4v) is 7.53. The molecule has 1 atom stereocenters. The third-order valence-electron chi connectivity index (χ3n) is 7.08. The first-order valence-corrected chi connectivity index (χ1v) is 11.3. The van der Waals surface area contributed by atoms with E-state index in [2.05, 4.69) is 30.6 Å². The molecule has 1 heterocycles. The minimum absolute atomic E-state index is 0.198. The summed E-state index contributed by atoms with van der Waals surface area (Å²) in [6, 6.07) is 8.26. The van der Waals surface area contributed by atoms with Gasteiger partial charge in [0.25, 0.3) is 5.91 Å². The molecule has 1 aromatic carbocycles. The molecule has 2 aromatic rings. The van der Waals surface area contributed by atoms with Gasteiger partial charge in [-0.15, -0.1) is 11.3 Å². The van der Waals surface area contributed by atoms with Gasteiger partial charge in [0.15, 0.2) is 6.54 Å². The van der Waals surface area contributed by atoms with E-state index in [0.29, 0.717) is 12.0 Å². The fourth-order valence-electron chi connectivity index (χ4n) is 6.45. The van der Waals surface area contributed by atoms with Crippen molar-refractivity contribution in [1.29, 1.82) is 0 Å². The van der Waals surface area contributed by atoms with Crippen LogP contribution in [-0.4, -0.2) is 31.0 Å². The largest absolute Gasteiger partial charge is 0.351 e. The number of hydrogen-bond acceptors (Lipinski definition) is 3. The average molecular weight is 385 g/mol. The number of carbonyl (C=O) groups excluding carboxylic acids is 1. The summed E-state index contributed by atoms with van der Waals surface area (Å²) in [6.45, 7) is 2.25. The zero-order chi connectivity index (χ0) is 18.4. The number of benzene rings is 1. The van der Waals surface area contributed by atoms with Gasteiger partial charge in [-0.1, -0.05) is 12.1 Å². The topological polar surface area (TPSA) is 46.4 Å².